The summed E-state index contributed by atoms with van der Waals surface area (Å²) in [5.74, 6) is 0. The Bertz CT molecular complexity index is 2490. The van der Waals surface area contributed by atoms with Crippen LogP contribution in [0.3, 0.4) is 0 Å². The summed E-state index contributed by atoms with van der Waals surface area (Å²) < 4.78 is 84.3. The van der Waals surface area contributed by atoms with Gasteiger partial charge in [-0.25, -0.2) is 28.1 Å². The lowest BCUT2D eigenvalue weighted by molar-refractivity contribution is -0.0616. The molecule has 0 radical (unpaired) electrons. The largest absolute Gasteiger partial charge is 0.472 e. The van der Waals surface area contributed by atoms with Gasteiger partial charge in [0.25, 0.3) is 0 Å². The lowest BCUT2D eigenvalue weighted by atomic mass is 10.2. The van der Waals surface area contributed by atoms with Gasteiger partial charge in [-0.3, -0.25) is 51.3 Å². The Labute approximate surface area is 339 Å². The van der Waals surface area contributed by atoms with Crippen LogP contribution in [0.5, 0.6) is 0 Å². The highest BCUT2D eigenvalue weighted by atomic mass is 32.1. The molecular weight excluding hydrogens is 901 g/mol. The zero-order chi connectivity index (χ0) is 42.2. The van der Waals surface area contributed by atoms with Crippen molar-refractivity contribution in [3.63, 3.8) is 0 Å². The van der Waals surface area contributed by atoms with Crippen molar-refractivity contribution in [2.75, 3.05) is 19.8 Å². The Morgan fingerprint density at radius 1 is 0.603 bits per heavy atom. The van der Waals surface area contributed by atoms with Gasteiger partial charge in [0.1, 0.15) is 63.1 Å². The maximum atomic E-state index is 13.3. The first-order valence-electron chi connectivity index (χ1n) is 16.8. The third kappa shape index (κ3) is 11.6. The van der Waals surface area contributed by atoms with Gasteiger partial charge in [-0.05, 0) is 18.2 Å². The van der Waals surface area contributed by atoms with E-state index in [9.17, 15) is 52.8 Å². The number of aromatic amines is 3. The molecule has 31 heteroatoms. The molecule has 25 nitrogen and oxygen atoms in total. The molecule has 0 aromatic carbocycles. The molecule has 3 fully saturated rings. The summed E-state index contributed by atoms with van der Waals surface area (Å²) >= 11 is 14.8. The molecule has 3 aromatic heterocycles. The number of rotatable bonds is 16. The molecule has 6 heterocycles. The van der Waals surface area contributed by atoms with E-state index in [0.29, 0.717) is 0 Å². The van der Waals surface area contributed by atoms with Crippen LogP contribution in [0.4, 0.5) is 0 Å². The number of aliphatic hydroxyl groups is 1. The number of nitrogens with zero attached hydrogens (tertiary/aromatic N) is 3. The SMILES string of the molecule is O=c1[nH]c(=S)ccn1[C@H]1C[C@@H](O)[C@@H](COP(=O)(O)O[C@@H]2C[C@H](n3ccc(=S)[nH]c3=O)O[C@@H]2COP(=O)(O)O[C@@H]2C[C@H](n3ccc(=S)[nH]c3=O)O[C@@H]2COP(=O)(O)O)O1. The van der Waals surface area contributed by atoms with Gasteiger partial charge >= 0.3 is 40.5 Å². The Kier molecular flexibility index (Phi) is 14.1. The van der Waals surface area contributed by atoms with Crippen LogP contribution in [-0.2, 0) is 50.5 Å². The van der Waals surface area contributed by atoms with Crippen LogP contribution >= 0.6 is 60.1 Å². The standard InChI is InChI=1S/C27H35N6O19P3S3/c34-13-7-22(31-4-1-19(56)28-25(31)35)48-16(13)10-46-54(41,42)52-15-9-24(33-6-3-21(58)30-27(33)37)50-18(15)12-47-55(43,44)51-14-8-23(32-5-2-20(57)29-26(32)36)49-17(14)11-45-53(38,39)40/h1-6,13-18,22-24,34H,7-12H2,(H,41,42)(H,43,44)(H,28,35,56)(H,29,36,57)(H,30,37,58)(H2,38,39,40)/t13-,14-,15-,16-,17-,18-,22-,23-,24-/m1/s1. The molecule has 3 aliphatic rings. The topological polar surface area (TPSA) is 340 Å². The number of hydrogen-bond donors (Lipinski definition) is 8. The number of nitrogens with one attached hydrogen (secondary N) is 3. The van der Waals surface area contributed by atoms with Gasteiger partial charge in [0.15, 0.2) is 0 Å². The summed E-state index contributed by atoms with van der Waals surface area (Å²) in [7, 11) is -15.3. The van der Waals surface area contributed by atoms with Crippen LogP contribution in [-0.4, -0.2) is 110 Å². The van der Waals surface area contributed by atoms with Crippen molar-refractivity contribution in [2.45, 2.75) is 74.6 Å². The molecular formula is C27H35N6O19P3S3. The smallest absolute Gasteiger partial charge is 0.390 e. The molecule has 2 unspecified atom stereocenters. The molecule has 0 amide bonds. The van der Waals surface area contributed by atoms with E-state index in [2.05, 4.69) is 19.5 Å². The summed E-state index contributed by atoms with van der Waals surface area (Å²) in [6, 6.07) is 4.13. The molecule has 0 bridgehead atoms. The summed E-state index contributed by atoms with van der Waals surface area (Å²) in [4.78, 5) is 84.6. The van der Waals surface area contributed by atoms with Crippen molar-refractivity contribution in [3.8, 4) is 0 Å². The molecule has 3 aromatic rings. The molecule has 8 N–H and O–H groups in total. The molecule has 11 atom stereocenters. The highest BCUT2D eigenvalue weighted by Gasteiger charge is 2.47. The summed E-state index contributed by atoms with van der Waals surface area (Å²) in [6.45, 7) is -2.44. The number of H-pyrrole nitrogens is 3. The minimum absolute atomic E-state index is 0.0838. The minimum atomic E-state index is -5.20. The first kappa shape index (κ1) is 45.0. The average Bonchev–Trinajstić information content (AvgIpc) is 3.81. The van der Waals surface area contributed by atoms with Crippen LogP contribution in [0, 0.1) is 13.9 Å². The summed E-state index contributed by atoms with van der Waals surface area (Å²) in [5, 5.41) is 10.5. The Hall–Kier alpha value is -2.53. The van der Waals surface area contributed by atoms with Crippen molar-refractivity contribution in [3.05, 3.63) is 82.2 Å². The zero-order valence-electron chi connectivity index (χ0n) is 29.3. The molecule has 320 valence electrons. The molecule has 0 saturated carbocycles. The van der Waals surface area contributed by atoms with E-state index in [0.717, 1.165) is 13.7 Å². The van der Waals surface area contributed by atoms with Gasteiger partial charge in [0.05, 0.1) is 25.9 Å². The second-order valence-corrected chi connectivity index (χ2v) is 18.2. The van der Waals surface area contributed by atoms with E-state index >= 15 is 0 Å². The van der Waals surface area contributed by atoms with Crippen molar-refractivity contribution >= 4 is 60.1 Å². The third-order valence-electron chi connectivity index (χ3n) is 8.80. The number of hydrogen-bond acceptors (Lipinski definition) is 18. The van der Waals surface area contributed by atoms with Crippen molar-refractivity contribution in [1.82, 2.24) is 28.7 Å². The highest BCUT2D eigenvalue weighted by Crippen LogP contribution is 2.52. The van der Waals surface area contributed by atoms with E-state index in [1.165, 1.54) is 36.8 Å². The summed E-state index contributed by atoms with van der Waals surface area (Å²) in [6.07, 6.45) is -8.58. The lowest BCUT2D eigenvalue weighted by Gasteiger charge is -2.24. The summed E-state index contributed by atoms with van der Waals surface area (Å²) in [5.41, 5.74) is -2.09. The van der Waals surface area contributed by atoms with Crippen LogP contribution < -0.4 is 17.1 Å². The Balaban J connectivity index is 1.14. The molecule has 58 heavy (non-hydrogen) atoms. The van der Waals surface area contributed by atoms with Crippen LogP contribution in [0.1, 0.15) is 37.9 Å². The van der Waals surface area contributed by atoms with E-state index in [1.807, 2.05) is 0 Å². The van der Waals surface area contributed by atoms with E-state index in [4.69, 9.17) is 69.0 Å². The number of aliphatic hydroxyl groups excluding tert-OH is 1. The minimum Gasteiger partial charge on any atom is -0.390 e. The van der Waals surface area contributed by atoms with E-state index in [1.54, 1.807) is 0 Å². The molecule has 0 spiro atoms. The Morgan fingerprint density at radius 2 is 0.948 bits per heavy atom. The van der Waals surface area contributed by atoms with Crippen LogP contribution in [0.2, 0.25) is 0 Å². The molecule has 0 aliphatic carbocycles. The second kappa shape index (κ2) is 18.2. The number of phosphoric ester groups is 3. The maximum Gasteiger partial charge on any atom is 0.472 e. The fraction of sp³-hybridized carbons (Fsp3) is 0.556. The lowest BCUT2D eigenvalue weighted by Crippen LogP contribution is -2.31. The average molecular weight is 937 g/mol. The first-order chi connectivity index (χ1) is 27.1. The van der Waals surface area contributed by atoms with E-state index in [-0.39, 0.29) is 33.2 Å². The van der Waals surface area contributed by atoms with Crippen molar-refractivity contribution < 1.29 is 75.2 Å². The van der Waals surface area contributed by atoms with Crippen molar-refractivity contribution in [1.29, 1.82) is 0 Å². The monoisotopic (exact) mass is 936 g/mol. The normalized spacial score (nSPS) is 29.6. The fourth-order valence-electron chi connectivity index (χ4n) is 6.17. The number of ether oxygens (including phenoxy) is 3. The maximum absolute atomic E-state index is 13.3. The third-order valence-corrected chi connectivity index (χ3v) is 12.0. The number of phosphoric acid groups is 3. The molecule has 3 aliphatic heterocycles. The van der Waals surface area contributed by atoms with Gasteiger partial charge in [-0.15, -0.1) is 0 Å². The molecule has 6 rings (SSSR count). The van der Waals surface area contributed by atoms with E-state index < -0.39 is 116 Å². The van der Waals surface area contributed by atoms with Gasteiger partial charge in [-0.2, -0.15) is 0 Å². The first-order valence-corrected chi connectivity index (χ1v) is 22.5. The van der Waals surface area contributed by atoms with Gasteiger partial charge < -0.3 is 38.9 Å². The zero-order valence-corrected chi connectivity index (χ0v) is 34.4. The highest BCUT2D eigenvalue weighted by molar-refractivity contribution is 7.71. The fourth-order valence-corrected chi connectivity index (χ4v) is 8.88. The van der Waals surface area contributed by atoms with Gasteiger partial charge in [0, 0.05) is 37.9 Å². The molecule has 3 saturated heterocycles. The van der Waals surface area contributed by atoms with Crippen molar-refractivity contribution in [2.24, 2.45) is 0 Å². The predicted octanol–water partition coefficient (Wildman–Crippen LogP) is 1.08. The Morgan fingerprint density at radius 3 is 1.33 bits per heavy atom. The number of aromatic nitrogens is 6. The van der Waals surface area contributed by atoms with Crippen LogP contribution in [0.15, 0.2) is 51.2 Å². The van der Waals surface area contributed by atoms with Gasteiger partial charge in [0.2, 0.25) is 0 Å². The van der Waals surface area contributed by atoms with Gasteiger partial charge in [-0.1, -0.05) is 36.7 Å². The second-order valence-electron chi connectivity index (χ2n) is 12.8. The predicted molar refractivity (Wildman–Crippen MR) is 199 cm³/mol. The van der Waals surface area contributed by atoms with Crippen LogP contribution in [0.25, 0.3) is 0 Å². The quantitative estimate of drug-likeness (QED) is 0.0736.